The molecule has 7 heteroatoms. The quantitative estimate of drug-likeness (QED) is 0.911. The minimum atomic E-state index is -0.0475. The molecule has 0 saturated carbocycles. The van der Waals surface area contributed by atoms with Gasteiger partial charge in [-0.2, -0.15) is 4.98 Å². The van der Waals surface area contributed by atoms with E-state index in [2.05, 4.69) is 20.4 Å². The molecule has 3 rings (SSSR count). The molecule has 0 spiro atoms. The van der Waals surface area contributed by atoms with E-state index in [1.807, 2.05) is 20.0 Å². The maximum absolute atomic E-state index is 5.93. The molecule has 0 unspecified atom stereocenters. The van der Waals surface area contributed by atoms with Gasteiger partial charge < -0.3 is 14.6 Å². The molecule has 3 heterocycles. The Balaban J connectivity index is 1.44. The summed E-state index contributed by atoms with van der Waals surface area (Å²) in [5.74, 6) is 1.26. The van der Waals surface area contributed by atoms with Gasteiger partial charge in [0.1, 0.15) is 6.10 Å². The first-order chi connectivity index (χ1) is 9.70. The molecule has 0 aromatic carbocycles. The molecule has 108 valence electrons. The first-order valence-electron chi connectivity index (χ1n) is 6.78. The average molecular weight is 294 g/mol. The van der Waals surface area contributed by atoms with E-state index >= 15 is 0 Å². The van der Waals surface area contributed by atoms with Gasteiger partial charge in [0, 0.05) is 24.2 Å². The highest BCUT2D eigenvalue weighted by molar-refractivity contribution is 7.11. The predicted molar refractivity (Wildman–Crippen MR) is 74.4 cm³/mol. The molecule has 1 N–H and O–H groups in total. The number of aromatic nitrogens is 3. The lowest BCUT2D eigenvalue weighted by molar-refractivity contribution is 0.0264. The Labute approximate surface area is 121 Å². The molecule has 1 aliphatic heterocycles. The second-order valence-corrected chi connectivity index (χ2v) is 6.30. The summed E-state index contributed by atoms with van der Waals surface area (Å²) in [4.78, 5) is 9.72. The summed E-state index contributed by atoms with van der Waals surface area (Å²) in [7, 11) is 0. The molecule has 6 nitrogen and oxygen atoms in total. The van der Waals surface area contributed by atoms with Crippen LogP contribution in [0.2, 0.25) is 0 Å². The molecule has 20 heavy (non-hydrogen) atoms. The number of aryl methyl sites for hydroxylation is 2. The summed E-state index contributed by atoms with van der Waals surface area (Å²) in [5.41, 5.74) is 0. The van der Waals surface area contributed by atoms with Crippen LogP contribution in [0.5, 0.6) is 0 Å². The average Bonchev–Trinajstić information content (AvgIpc) is 3.11. The van der Waals surface area contributed by atoms with Crippen molar-refractivity contribution in [1.29, 1.82) is 0 Å². The fraction of sp³-hybridized carbons (Fsp3) is 0.615. The Morgan fingerprint density at radius 3 is 3.00 bits per heavy atom. The molecular weight excluding hydrogens is 276 g/mol. The fourth-order valence-electron chi connectivity index (χ4n) is 2.32. The van der Waals surface area contributed by atoms with E-state index in [0.29, 0.717) is 11.7 Å². The van der Waals surface area contributed by atoms with E-state index in [1.165, 1.54) is 4.88 Å². The van der Waals surface area contributed by atoms with Gasteiger partial charge in [-0.25, -0.2) is 4.98 Å². The summed E-state index contributed by atoms with van der Waals surface area (Å²) in [6.07, 6.45) is 4.04. The van der Waals surface area contributed by atoms with Gasteiger partial charge in [0.25, 0.3) is 5.89 Å². The van der Waals surface area contributed by atoms with Gasteiger partial charge in [-0.3, -0.25) is 0 Å². The smallest absolute Gasteiger partial charge is 0.255 e. The van der Waals surface area contributed by atoms with E-state index in [4.69, 9.17) is 9.26 Å². The Morgan fingerprint density at radius 2 is 2.30 bits per heavy atom. The third-order valence-corrected chi connectivity index (χ3v) is 4.18. The highest BCUT2D eigenvalue weighted by atomic mass is 32.1. The Hall–Kier alpha value is -1.31. The number of nitrogens with zero attached hydrogens (tertiary/aromatic N) is 3. The first kappa shape index (κ1) is 13.7. The van der Waals surface area contributed by atoms with Gasteiger partial charge >= 0.3 is 0 Å². The fourth-order valence-corrected chi connectivity index (χ4v) is 3.09. The zero-order valence-electron chi connectivity index (χ0n) is 11.6. The molecule has 0 bridgehead atoms. The van der Waals surface area contributed by atoms with Crippen LogP contribution >= 0.6 is 11.3 Å². The highest BCUT2D eigenvalue weighted by Crippen LogP contribution is 2.31. The minimum Gasteiger partial charge on any atom is -0.364 e. The summed E-state index contributed by atoms with van der Waals surface area (Å²) in [6.45, 7) is 5.51. The summed E-state index contributed by atoms with van der Waals surface area (Å²) >= 11 is 1.72. The van der Waals surface area contributed by atoms with Crippen LogP contribution in [0.25, 0.3) is 0 Å². The van der Waals surface area contributed by atoms with Crippen LogP contribution in [0.15, 0.2) is 10.7 Å². The van der Waals surface area contributed by atoms with Crippen molar-refractivity contribution >= 4 is 11.3 Å². The first-order valence-corrected chi connectivity index (χ1v) is 7.60. The van der Waals surface area contributed by atoms with Crippen LogP contribution in [0.4, 0.5) is 0 Å². The zero-order valence-corrected chi connectivity index (χ0v) is 12.4. The molecule has 1 saturated heterocycles. The zero-order chi connectivity index (χ0) is 13.9. The number of ether oxygens (including phenoxy) is 1. The maximum Gasteiger partial charge on any atom is 0.255 e. The monoisotopic (exact) mass is 294 g/mol. The van der Waals surface area contributed by atoms with E-state index in [-0.39, 0.29) is 12.2 Å². The van der Waals surface area contributed by atoms with Gasteiger partial charge in [0.05, 0.1) is 11.1 Å². The van der Waals surface area contributed by atoms with Crippen molar-refractivity contribution in [3.05, 3.63) is 27.8 Å². The SMILES string of the molecule is Cc1noc([C@@H]2CC[C@H](CNCc3cnc(C)s3)O2)n1. The molecule has 2 aromatic rings. The molecular formula is C13H18N4O2S. The second-order valence-electron chi connectivity index (χ2n) is 4.98. The Bertz CT molecular complexity index is 568. The van der Waals surface area contributed by atoms with Crippen LogP contribution in [0.3, 0.4) is 0 Å². The number of hydrogen-bond acceptors (Lipinski definition) is 7. The van der Waals surface area contributed by atoms with Crippen molar-refractivity contribution in [2.45, 2.75) is 45.4 Å². The largest absolute Gasteiger partial charge is 0.364 e. The van der Waals surface area contributed by atoms with E-state index in [0.717, 1.165) is 30.9 Å². The molecule has 0 amide bonds. The third-order valence-electron chi connectivity index (χ3n) is 3.27. The Kier molecular flexibility index (Phi) is 4.09. The summed E-state index contributed by atoms with van der Waals surface area (Å²) < 4.78 is 11.1. The van der Waals surface area contributed by atoms with Crippen LogP contribution in [0.1, 0.15) is 40.5 Å². The van der Waals surface area contributed by atoms with Crippen molar-refractivity contribution in [3.63, 3.8) is 0 Å². The van der Waals surface area contributed by atoms with Gasteiger partial charge in [0.2, 0.25) is 0 Å². The predicted octanol–water partition coefficient (Wildman–Crippen LogP) is 2.15. The van der Waals surface area contributed by atoms with Crippen molar-refractivity contribution < 1.29 is 9.26 Å². The molecule has 1 fully saturated rings. The summed E-state index contributed by atoms with van der Waals surface area (Å²) in [6, 6.07) is 0. The van der Waals surface area contributed by atoms with Crippen LogP contribution in [-0.2, 0) is 11.3 Å². The number of thiazole rings is 1. The molecule has 2 aromatic heterocycles. The standard InChI is InChI=1S/C13H18N4O2S/c1-8-16-13(19-17-8)12-4-3-10(18-12)5-14-6-11-7-15-9(2)20-11/h7,10,12,14H,3-6H2,1-2H3/t10-,12+/m1/s1. The maximum atomic E-state index is 5.93. The van der Waals surface area contributed by atoms with Gasteiger partial charge in [-0.1, -0.05) is 5.16 Å². The summed E-state index contributed by atoms with van der Waals surface area (Å²) in [5, 5.41) is 8.32. The minimum absolute atomic E-state index is 0.0475. The van der Waals surface area contributed by atoms with Gasteiger partial charge in [-0.05, 0) is 26.7 Å². The lowest BCUT2D eigenvalue weighted by atomic mass is 10.2. The lowest BCUT2D eigenvalue weighted by Crippen LogP contribution is -2.25. The van der Waals surface area contributed by atoms with Crippen molar-refractivity contribution in [2.75, 3.05) is 6.54 Å². The molecule has 0 aliphatic carbocycles. The van der Waals surface area contributed by atoms with Gasteiger partial charge in [0.15, 0.2) is 5.82 Å². The van der Waals surface area contributed by atoms with Crippen LogP contribution < -0.4 is 5.32 Å². The lowest BCUT2D eigenvalue weighted by Gasteiger charge is -2.11. The van der Waals surface area contributed by atoms with E-state index in [9.17, 15) is 0 Å². The van der Waals surface area contributed by atoms with E-state index in [1.54, 1.807) is 11.3 Å². The van der Waals surface area contributed by atoms with Crippen LogP contribution in [-0.4, -0.2) is 27.8 Å². The second kappa shape index (κ2) is 5.99. The molecule has 0 radical (unpaired) electrons. The van der Waals surface area contributed by atoms with Crippen molar-refractivity contribution in [3.8, 4) is 0 Å². The molecule has 1 aliphatic rings. The molecule has 2 atom stereocenters. The van der Waals surface area contributed by atoms with Crippen molar-refractivity contribution in [1.82, 2.24) is 20.4 Å². The van der Waals surface area contributed by atoms with Crippen LogP contribution in [0, 0.1) is 13.8 Å². The topological polar surface area (TPSA) is 73.1 Å². The normalized spacial score (nSPS) is 22.5. The number of rotatable bonds is 5. The number of hydrogen-bond donors (Lipinski definition) is 1. The number of nitrogens with one attached hydrogen (secondary N) is 1. The highest BCUT2D eigenvalue weighted by Gasteiger charge is 2.30. The van der Waals surface area contributed by atoms with Gasteiger partial charge in [-0.15, -0.1) is 11.3 Å². The van der Waals surface area contributed by atoms with Crippen molar-refractivity contribution in [2.24, 2.45) is 0 Å². The Morgan fingerprint density at radius 1 is 1.40 bits per heavy atom. The third kappa shape index (κ3) is 3.23. The van der Waals surface area contributed by atoms with E-state index < -0.39 is 0 Å².